The van der Waals surface area contributed by atoms with Gasteiger partial charge in [0.1, 0.15) is 6.10 Å². The Kier molecular flexibility index (Phi) is 2.14. The predicted molar refractivity (Wildman–Crippen MR) is 54.9 cm³/mol. The summed E-state index contributed by atoms with van der Waals surface area (Å²) in [6.45, 7) is 6.30. The number of hydrogen-bond acceptors (Lipinski definition) is 2. The molecule has 1 aliphatic rings. The maximum Gasteiger partial charge on any atom is 0.101 e. The van der Waals surface area contributed by atoms with Crippen molar-refractivity contribution in [2.75, 3.05) is 0 Å². The first-order valence-electron chi connectivity index (χ1n) is 5.26. The smallest absolute Gasteiger partial charge is 0.101 e. The van der Waals surface area contributed by atoms with Crippen molar-refractivity contribution in [3.05, 3.63) is 18.0 Å². The number of aliphatic hydroxyl groups is 1. The minimum Gasteiger partial charge on any atom is -0.386 e. The molecule has 1 saturated carbocycles. The van der Waals surface area contributed by atoms with Crippen molar-refractivity contribution in [3.8, 4) is 0 Å². The highest BCUT2D eigenvalue weighted by Gasteiger charge is 2.46. The van der Waals surface area contributed by atoms with E-state index in [4.69, 9.17) is 0 Å². The molecule has 0 bridgehead atoms. The van der Waals surface area contributed by atoms with Crippen LogP contribution in [0, 0.1) is 5.41 Å². The third-order valence-electron chi connectivity index (χ3n) is 3.17. The minimum absolute atomic E-state index is 0.104. The molecule has 3 heteroatoms. The summed E-state index contributed by atoms with van der Waals surface area (Å²) in [5, 5.41) is 14.4. The van der Waals surface area contributed by atoms with Crippen LogP contribution in [-0.4, -0.2) is 14.9 Å². The molecule has 1 N–H and O–H groups in total. The molecule has 1 aromatic rings. The number of aliphatic hydroxyl groups excluding tert-OH is 1. The first-order chi connectivity index (χ1) is 6.54. The van der Waals surface area contributed by atoms with Crippen molar-refractivity contribution in [3.63, 3.8) is 0 Å². The molecule has 1 heterocycles. The van der Waals surface area contributed by atoms with Crippen LogP contribution in [0.5, 0.6) is 0 Å². The molecule has 3 nitrogen and oxygen atoms in total. The van der Waals surface area contributed by atoms with Gasteiger partial charge < -0.3 is 5.11 Å². The normalized spacial score (nSPS) is 21.2. The van der Waals surface area contributed by atoms with Crippen LogP contribution in [-0.2, 0) is 0 Å². The van der Waals surface area contributed by atoms with Crippen LogP contribution in [0.4, 0.5) is 0 Å². The zero-order chi connectivity index (χ0) is 10.3. The maximum absolute atomic E-state index is 10.2. The van der Waals surface area contributed by atoms with Gasteiger partial charge in [0.15, 0.2) is 0 Å². The molecule has 2 rings (SSSR count). The molecule has 0 aromatic carbocycles. The number of aromatic nitrogens is 2. The van der Waals surface area contributed by atoms with Crippen LogP contribution >= 0.6 is 0 Å². The number of rotatable bonds is 3. The fourth-order valence-corrected chi connectivity index (χ4v) is 1.80. The summed E-state index contributed by atoms with van der Waals surface area (Å²) in [5.74, 6) is 0. The van der Waals surface area contributed by atoms with Gasteiger partial charge in [-0.3, -0.25) is 4.68 Å². The summed E-state index contributed by atoms with van der Waals surface area (Å²) < 4.78 is 1.91. The van der Waals surface area contributed by atoms with E-state index >= 15 is 0 Å². The monoisotopic (exact) mass is 194 g/mol. The summed E-state index contributed by atoms with van der Waals surface area (Å²) in [6, 6.07) is 2.24. The lowest BCUT2D eigenvalue weighted by molar-refractivity contribution is 0.0928. The third-order valence-corrected chi connectivity index (χ3v) is 3.17. The molecule has 1 atom stereocenters. The van der Waals surface area contributed by atoms with Crippen LogP contribution in [0.15, 0.2) is 12.3 Å². The van der Waals surface area contributed by atoms with Gasteiger partial charge in [-0.2, -0.15) is 5.10 Å². The zero-order valence-corrected chi connectivity index (χ0v) is 9.07. The number of nitrogens with zero attached hydrogens (tertiary/aromatic N) is 2. The van der Waals surface area contributed by atoms with Gasteiger partial charge in [0.2, 0.25) is 0 Å². The zero-order valence-electron chi connectivity index (χ0n) is 9.07. The summed E-state index contributed by atoms with van der Waals surface area (Å²) in [6.07, 6.45) is 3.66. The predicted octanol–water partition coefficient (Wildman–Crippen LogP) is 2.30. The molecule has 1 aromatic heterocycles. The molecule has 0 saturated heterocycles. The molecule has 0 spiro atoms. The lowest BCUT2D eigenvalue weighted by Crippen LogP contribution is -2.17. The molecule has 0 aliphatic heterocycles. The summed E-state index contributed by atoms with van der Waals surface area (Å²) >= 11 is 0. The minimum atomic E-state index is -0.354. The maximum atomic E-state index is 10.2. The van der Waals surface area contributed by atoms with E-state index in [0.717, 1.165) is 18.5 Å². The highest BCUT2D eigenvalue weighted by Crippen LogP contribution is 2.54. The Labute approximate surface area is 84.7 Å². The molecular weight excluding hydrogens is 176 g/mol. The van der Waals surface area contributed by atoms with Crippen molar-refractivity contribution in [1.29, 1.82) is 0 Å². The van der Waals surface area contributed by atoms with Gasteiger partial charge in [-0.1, -0.05) is 6.92 Å². The van der Waals surface area contributed by atoms with E-state index in [0.29, 0.717) is 6.04 Å². The van der Waals surface area contributed by atoms with Gasteiger partial charge in [0.05, 0.1) is 5.69 Å². The largest absolute Gasteiger partial charge is 0.386 e. The van der Waals surface area contributed by atoms with Crippen molar-refractivity contribution in [2.24, 2.45) is 5.41 Å². The third kappa shape index (κ3) is 1.46. The highest BCUT2D eigenvalue weighted by molar-refractivity contribution is 5.13. The van der Waals surface area contributed by atoms with Gasteiger partial charge in [-0.25, -0.2) is 0 Å². The Morgan fingerprint density at radius 2 is 2.14 bits per heavy atom. The van der Waals surface area contributed by atoms with Gasteiger partial charge in [0, 0.05) is 12.2 Å². The molecule has 78 valence electrons. The molecule has 1 fully saturated rings. The SMILES string of the molecule is CC(C)n1nccc1C(O)C1(C)CC1. The fourth-order valence-electron chi connectivity index (χ4n) is 1.80. The Morgan fingerprint density at radius 3 is 2.64 bits per heavy atom. The molecule has 0 radical (unpaired) electrons. The number of hydrogen-bond donors (Lipinski definition) is 1. The van der Waals surface area contributed by atoms with E-state index in [2.05, 4.69) is 25.9 Å². The van der Waals surface area contributed by atoms with Crippen LogP contribution in [0.3, 0.4) is 0 Å². The van der Waals surface area contributed by atoms with Crippen molar-refractivity contribution < 1.29 is 5.11 Å². The van der Waals surface area contributed by atoms with Crippen LogP contribution in [0.2, 0.25) is 0 Å². The van der Waals surface area contributed by atoms with Gasteiger partial charge in [-0.05, 0) is 38.2 Å². The van der Waals surface area contributed by atoms with Gasteiger partial charge in [0.25, 0.3) is 0 Å². The van der Waals surface area contributed by atoms with Crippen LogP contribution in [0.25, 0.3) is 0 Å². The van der Waals surface area contributed by atoms with Gasteiger partial charge in [-0.15, -0.1) is 0 Å². The van der Waals surface area contributed by atoms with Gasteiger partial charge >= 0.3 is 0 Å². The molecule has 0 amide bonds. The van der Waals surface area contributed by atoms with E-state index in [1.165, 1.54) is 0 Å². The lowest BCUT2D eigenvalue weighted by atomic mass is 9.99. The van der Waals surface area contributed by atoms with Crippen molar-refractivity contribution >= 4 is 0 Å². The van der Waals surface area contributed by atoms with E-state index in [-0.39, 0.29) is 11.5 Å². The highest BCUT2D eigenvalue weighted by atomic mass is 16.3. The molecule has 1 unspecified atom stereocenters. The van der Waals surface area contributed by atoms with E-state index < -0.39 is 0 Å². The first-order valence-corrected chi connectivity index (χ1v) is 5.26. The topological polar surface area (TPSA) is 38.0 Å². The Hall–Kier alpha value is -0.830. The first kappa shape index (κ1) is 9.71. The van der Waals surface area contributed by atoms with E-state index in [9.17, 15) is 5.11 Å². The Bertz CT molecular complexity index is 326. The molecule has 14 heavy (non-hydrogen) atoms. The second kappa shape index (κ2) is 3.09. The lowest BCUT2D eigenvalue weighted by Gasteiger charge is -2.20. The average Bonchev–Trinajstić information content (AvgIpc) is 2.69. The second-order valence-electron chi connectivity index (χ2n) is 4.85. The summed E-state index contributed by atoms with van der Waals surface area (Å²) in [5.41, 5.74) is 1.06. The average molecular weight is 194 g/mol. The molecular formula is C11H18N2O. The summed E-state index contributed by atoms with van der Waals surface area (Å²) in [4.78, 5) is 0. The van der Waals surface area contributed by atoms with Crippen LogP contribution < -0.4 is 0 Å². The molecule has 1 aliphatic carbocycles. The Morgan fingerprint density at radius 1 is 1.50 bits per heavy atom. The quantitative estimate of drug-likeness (QED) is 0.801. The van der Waals surface area contributed by atoms with Crippen LogP contribution in [0.1, 0.15) is 51.5 Å². The van der Waals surface area contributed by atoms with Crippen molar-refractivity contribution in [1.82, 2.24) is 9.78 Å². The van der Waals surface area contributed by atoms with Crippen molar-refractivity contribution in [2.45, 2.75) is 45.8 Å². The standard InChI is InChI=1S/C11H18N2O/c1-8(2)13-9(4-7-12-13)10(14)11(3)5-6-11/h4,7-8,10,14H,5-6H2,1-3H3. The Balaban J connectivity index is 2.27. The fraction of sp³-hybridized carbons (Fsp3) is 0.727. The van der Waals surface area contributed by atoms with E-state index in [1.807, 2.05) is 10.7 Å². The summed E-state index contributed by atoms with van der Waals surface area (Å²) in [7, 11) is 0. The van der Waals surface area contributed by atoms with E-state index in [1.54, 1.807) is 6.20 Å². The second-order valence-corrected chi connectivity index (χ2v) is 4.85.